The molecule has 1 heterocycles. The van der Waals surface area contributed by atoms with E-state index in [4.69, 9.17) is 10.5 Å². The first-order valence-electron chi connectivity index (χ1n) is 5.10. The summed E-state index contributed by atoms with van der Waals surface area (Å²) in [4.78, 5) is 11.7. The average molecular weight is 231 g/mol. The minimum absolute atomic E-state index is 0.388. The topological polar surface area (TPSA) is 70.1 Å². The summed E-state index contributed by atoms with van der Waals surface area (Å²) >= 11 is 0. The lowest BCUT2D eigenvalue weighted by molar-refractivity contribution is 0.0601. The molecule has 0 fully saturated rings. The number of nitrogens with zero attached hydrogens (tertiary/aromatic N) is 2. The van der Waals surface area contributed by atoms with Crippen LogP contribution >= 0.6 is 0 Å². The van der Waals surface area contributed by atoms with Gasteiger partial charge in [-0.05, 0) is 6.07 Å². The van der Waals surface area contributed by atoms with Crippen LogP contribution in [0.25, 0.3) is 11.3 Å². The molecule has 0 saturated heterocycles. The molecule has 5 nitrogen and oxygen atoms in total. The molecule has 0 saturated carbocycles. The van der Waals surface area contributed by atoms with Crippen molar-refractivity contribution in [2.24, 2.45) is 7.05 Å². The van der Waals surface area contributed by atoms with Crippen molar-refractivity contribution >= 4 is 11.7 Å². The minimum Gasteiger partial charge on any atom is -0.465 e. The predicted octanol–water partition coefficient (Wildman–Crippen LogP) is 1.46. The Morgan fingerprint density at radius 2 is 2.12 bits per heavy atom. The predicted molar refractivity (Wildman–Crippen MR) is 64.4 cm³/mol. The van der Waals surface area contributed by atoms with E-state index in [9.17, 15) is 4.79 Å². The quantitative estimate of drug-likeness (QED) is 0.794. The first-order valence-corrected chi connectivity index (χ1v) is 5.10. The molecule has 0 bridgehead atoms. The summed E-state index contributed by atoms with van der Waals surface area (Å²) in [6.45, 7) is 0. The van der Waals surface area contributed by atoms with Gasteiger partial charge in [-0.25, -0.2) is 4.79 Å². The van der Waals surface area contributed by atoms with Gasteiger partial charge >= 0.3 is 5.97 Å². The highest BCUT2D eigenvalue weighted by molar-refractivity contribution is 5.98. The zero-order chi connectivity index (χ0) is 12.4. The van der Waals surface area contributed by atoms with Gasteiger partial charge < -0.3 is 10.5 Å². The summed E-state index contributed by atoms with van der Waals surface area (Å²) in [5.74, 6) is -0.388. The monoisotopic (exact) mass is 231 g/mol. The van der Waals surface area contributed by atoms with Gasteiger partial charge in [-0.15, -0.1) is 0 Å². The maximum absolute atomic E-state index is 11.7. The molecule has 1 aromatic carbocycles. The van der Waals surface area contributed by atoms with Crippen molar-refractivity contribution in [2.75, 3.05) is 12.8 Å². The Morgan fingerprint density at radius 3 is 2.71 bits per heavy atom. The number of aryl methyl sites for hydroxylation is 1. The third-order valence-electron chi connectivity index (χ3n) is 2.55. The first-order chi connectivity index (χ1) is 8.15. The third-order valence-corrected chi connectivity index (χ3v) is 2.55. The van der Waals surface area contributed by atoms with Crippen LogP contribution in [0.4, 0.5) is 5.69 Å². The molecule has 0 unspecified atom stereocenters. The van der Waals surface area contributed by atoms with Gasteiger partial charge in [-0.2, -0.15) is 5.10 Å². The van der Waals surface area contributed by atoms with Gasteiger partial charge in [-0.1, -0.05) is 18.2 Å². The van der Waals surface area contributed by atoms with Crippen LogP contribution in [0.15, 0.2) is 30.5 Å². The highest BCUT2D eigenvalue weighted by Gasteiger charge is 2.17. The van der Waals surface area contributed by atoms with Gasteiger partial charge in [0.15, 0.2) is 0 Å². The minimum atomic E-state index is -0.388. The molecule has 2 aromatic rings. The Hall–Kier alpha value is -2.30. The maximum Gasteiger partial charge on any atom is 0.338 e. The van der Waals surface area contributed by atoms with Crippen molar-refractivity contribution < 1.29 is 9.53 Å². The Balaban J connectivity index is 2.64. The van der Waals surface area contributed by atoms with Crippen LogP contribution in [0.2, 0.25) is 0 Å². The Bertz CT molecular complexity index is 541. The molecule has 2 rings (SSSR count). The second-order valence-corrected chi connectivity index (χ2v) is 3.61. The largest absolute Gasteiger partial charge is 0.465 e. The van der Waals surface area contributed by atoms with E-state index in [2.05, 4.69) is 5.10 Å². The molecule has 2 N–H and O–H groups in total. The molecule has 0 spiro atoms. The van der Waals surface area contributed by atoms with Gasteiger partial charge in [0.2, 0.25) is 0 Å². The van der Waals surface area contributed by atoms with E-state index >= 15 is 0 Å². The molecule has 5 heteroatoms. The van der Waals surface area contributed by atoms with Crippen molar-refractivity contribution in [1.29, 1.82) is 0 Å². The van der Waals surface area contributed by atoms with Gasteiger partial charge in [-0.3, -0.25) is 4.68 Å². The number of rotatable bonds is 2. The summed E-state index contributed by atoms with van der Waals surface area (Å²) < 4.78 is 6.38. The maximum atomic E-state index is 11.7. The number of benzene rings is 1. The summed E-state index contributed by atoms with van der Waals surface area (Å²) in [6, 6.07) is 7.14. The van der Waals surface area contributed by atoms with E-state index in [0.717, 1.165) is 5.56 Å². The number of nitrogen functional groups attached to an aromatic ring is 1. The number of carbonyl (C=O) groups excluding carboxylic acids is 1. The molecule has 17 heavy (non-hydrogen) atoms. The Labute approximate surface area is 98.8 Å². The summed E-state index contributed by atoms with van der Waals surface area (Å²) in [5, 5.41) is 4.06. The zero-order valence-electron chi connectivity index (χ0n) is 9.68. The highest BCUT2D eigenvalue weighted by Crippen LogP contribution is 2.28. The SMILES string of the molecule is COC(=O)c1ccccc1-c1c(N)cnn1C. The van der Waals surface area contributed by atoms with Crippen LogP contribution < -0.4 is 5.73 Å². The molecule has 0 radical (unpaired) electrons. The Morgan fingerprint density at radius 1 is 1.41 bits per heavy atom. The van der Waals surface area contributed by atoms with Crippen LogP contribution in [-0.4, -0.2) is 22.9 Å². The summed E-state index contributed by atoms with van der Waals surface area (Å²) in [6.07, 6.45) is 1.56. The van der Waals surface area contributed by atoms with Crippen LogP contribution in [-0.2, 0) is 11.8 Å². The van der Waals surface area contributed by atoms with Crippen LogP contribution in [0, 0.1) is 0 Å². The standard InChI is InChI=1S/C12H13N3O2/c1-15-11(10(13)7-14-15)8-5-3-4-6-9(8)12(16)17-2/h3-7H,13H2,1-2H3. The number of hydrogen-bond donors (Lipinski definition) is 1. The van der Waals surface area contributed by atoms with E-state index in [1.54, 1.807) is 30.1 Å². The van der Waals surface area contributed by atoms with Crippen LogP contribution in [0.5, 0.6) is 0 Å². The van der Waals surface area contributed by atoms with Crippen molar-refractivity contribution in [2.45, 2.75) is 0 Å². The van der Waals surface area contributed by atoms with Gasteiger partial charge in [0.05, 0.1) is 30.3 Å². The zero-order valence-corrected chi connectivity index (χ0v) is 9.68. The van der Waals surface area contributed by atoms with Crippen molar-refractivity contribution in [3.05, 3.63) is 36.0 Å². The van der Waals surface area contributed by atoms with Gasteiger partial charge in [0, 0.05) is 12.6 Å². The van der Waals surface area contributed by atoms with Gasteiger partial charge in [0.25, 0.3) is 0 Å². The first kappa shape index (κ1) is 11.2. The third kappa shape index (κ3) is 1.87. The van der Waals surface area contributed by atoms with E-state index in [1.807, 2.05) is 12.1 Å². The fourth-order valence-corrected chi connectivity index (χ4v) is 1.76. The van der Waals surface area contributed by atoms with E-state index in [-0.39, 0.29) is 5.97 Å². The molecule has 1 aromatic heterocycles. The summed E-state index contributed by atoms with van der Waals surface area (Å²) in [5.41, 5.74) is 8.29. The number of esters is 1. The van der Waals surface area contributed by atoms with Gasteiger partial charge in [0.1, 0.15) is 0 Å². The molecule has 0 amide bonds. The summed E-state index contributed by atoms with van der Waals surface area (Å²) in [7, 11) is 3.13. The number of ether oxygens (including phenoxy) is 1. The van der Waals surface area contributed by atoms with E-state index < -0.39 is 0 Å². The Kier molecular flexibility index (Phi) is 2.82. The molecular weight excluding hydrogens is 218 g/mol. The van der Waals surface area contributed by atoms with Crippen LogP contribution in [0.3, 0.4) is 0 Å². The number of nitrogens with two attached hydrogens (primary N) is 1. The smallest absolute Gasteiger partial charge is 0.338 e. The second-order valence-electron chi connectivity index (χ2n) is 3.61. The fourth-order valence-electron chi connectivity index (χ4n) is 1.76. The lowest BCUT2D eigenvalue weighted by Crippen LogP contribution is -2.06. The molecule has 88 valence electrons. The lowest BCUT2D eigenvalue weighted by Gasteiger charge is -2.08. The number of aromatic nitrogens is 2. The number of methoxy groups -OCH3 is 1. The average Bonchev–Trinajstić information content (AvgIpc) is 2.68. The van der Waals surface area contributed by atoms with Crippen LogP contribution in [0.1, 0.15) is 10.4 Å². The molecule has 0 aliphatic heterocycles. The number of anilines is 1. The molecular formula is C12H13N3O2. The van der Waals surface area contributed by atoms with E-state index in [0.29, 0.717) is 16.9 Å². The normalized spacial score (nSPS) is 10.2. The fraction of sp³-hybridized carbons (Fsp3) is 0.167. The second kappa shape index (κ2) is 4.29. The van der Waals surface area contributed by atoms with Crippen molar-refractivity contribution in [3.8, 4) is 11.3 Å². The lowest BCUT2D eigenvalue weighted by atomic mass is 10.0. The molecule has 0 atom stereocenters. The highest BCUT2D eigenvalue weighted by atomic mass is 16.5. The number of carbonyl (C=O) groups is 1. The van der Waals surface area contributed by atoms with Crippen molar-refractivity contribution in [1.82, 2.24) is 9.78 Å². The molecule has 0 aliphatic rings. The number of hydrogen-bond acceptors (Lipinski definition) is 4. The molecule has 0 aliphatic carbocycles. The van der Waals surface area contributed by atoms with Crippen molar-refractivity contribution in [3.63, 3.8) is 0 Å². The van der Waals surface area contributed by atoms with E-state index in [1.165, 1.54) is 7.11 Å².